The first-order chi connectivity index (χ1) is 9.27. The Morgan fingerprint density at radius 1 is 1.35 bits per heavy atom. The van der Waals surface area contributed by atoms with Crippen LogP contribution in [-0.2, 0) is 9.53 Å². The van der Waals surface area contributed by atoms with Crippen LogP contribution in [0.25, 0.3) is 0 Å². The normalized spacial score (nSPS) is 28.4. The van der Waals surface area contributed by atoms with Gasteiger partial charge in [-0.25, -0.2) is 4.79 Å². The number of hydrogen-bond acceptors (Lipinski definition) is 3. The highest BCUT2D eigenvalue weighted by atomic mass is 16.5. The minimum Gasteiger partial charge on any atom is -0.481 e. The molecule has 2 fully saturated rings. The second-order valence-corrected chi connectivity index (χ2v) is 6.63. The SMILES string of the molecule is CC(C)(C)N(CCC(=O)O)C(=O)NC1CC2CCC1O2. The number of carbonyl (C=O) groups excluding carboxylic acids is 1. The van der Waals surface area contributed by atoms with Crippen molar-refractivity contribution in [3.8, 4) is 0 Å². The molecule has 0 aromatic carbocycles. The number of nitrogens with one attached hydrogen (secondary N) is 1. The van der Waals surface area contributed by atoms with Crippen molar-refractivity contribution in [2.24, 2.45) is 0 Å². The maximum atomic E-state index is 12.4. The molecule has 0 radical (unpaired) electrons. The number of carbonyl (C=O) groups is 2. The van der Waals surface area contributed by atoms with Crippen LogP contribution in [0.3, 0.4) is 0 Å². The van der Waals surface area contributed by atoms with Crippen LogP contribution >= 0.6 is 0 Å². The fraction of sp³-hybridized carbons (Fsp3) is 0.857. The van der Waals surface area contributed by atoms with E-state index in [4.69, 9.17) is 9.84 Å². The Kier molecular flexibility index (Phi) is 4.22. The molecule has 2 aliphatic heterocycles. The van der Waals surface area contributed by atoms with Gasteiger partial charge in [-0.2, -0.15) is 0 Å². The van der Waals surface area contributed by atoms with Crippen LogP contribution in [0.2, 0.25) is 0 Å². The highest BCUT2D eigenvalue weighted by Gasteiger charge is 2.42. The van der Waals surface area contributed by atoms with Crippen molar-refractivity contribution in [3.63, 3.8) is 0 Å². The van der Waals surface area contributed by atoms with Crippen LogP contribution in [-0.4, -0.2) is 52.3 Å². The molecule has 2 aliphatic rings. The van der Waals surface area contributed by atoms with Gasteiger partial charge in [-0.3, -0.25) is 4.79 Å². The van der Waals surface area contributed by atoms with Crippen molar-refractivity contribution in [2.45, 2.75) is 70.2 Å². The number of carboxylic acid groups (broad SMARTS) is 1. The van der Waals surface area contributed by atoms with E-state index in [2.05, 4.69) is 5.32 Å². The van der Waals surface area contributed by atoms with E-state index in [0.29, 0.717) is 0 Å². The van der Waals surface area contributed by atoms with Crippen molar-refractivity contribution in [1.82, 2.24) is 10.2 Å². The minimum absolute atomic E-state index is 0.0437. The van der Waals surface area contributed by atoms with Crippen molar-refractivity contribution in [3.05, 3.63) is 0 Å². The molecule has 2 rings (SSSR count). The van der Waals surface area contributed by atoms with Gasteiger partial charge < -0.3 is 20.1 Å². The number of nitrogens with zero attached hydrogens (tertiary/aromatic N) is 1. The molecule has 114 valence electrons. The van der Waals surface area contributed by atoms with Gasteiger partial charge in [0.15, 0.2) is 0 Å². The first-order valence-electron chi connectivity index (χ1n) is 7.23. The lowest BCUT2D eigenvalue weighted by Crippen LogP contribution is -2.54. The Labute approximate surface area is 119 Å². The maximum absolute atomic E-state index is 12.4. The summed E-state index contributed by atoms with van der Waals surface area (Å²) in [6.45, 7) is 5.94. The molecule has 3 atom stereocenters. The summed E-state index contributed by atoms with van der Waals surface area (Å²) in [4.78, 5) is 24.7. The van der Waals surface area contributed by atoms with Gasteiger partial charge in [0.2, 0.25) is 0 Å². The van der Waals surface area contributed by atoms with Gasteiger partial charge in [0.05, 0.1) is 24.7 Å². The molecule has 0 spiro atoms. The standard InChI is InChI=1S/C14H24N2O4/c1-14(2,3)16(7-6-12(17)18)13(19)15-10-8-9-4-5-11(10)20-9/h9-11H,4-8H2,1-3H3,(H,15,19)(H,17,18). The molecular formula is C14H24N2O4. The van der Waals surface area contributed by atoms with Crippen molar-refractivity contribution in [1.29, 1.82) is 0 Å². The van der Waals surface area contributed by atoms with Crippen molar-refractivity contribution < 1.29 is 19.4 Å². The number of amides is 2. The van der Waals surface area contributed by atoms with Crippen LogP contribution in [0.4, 0.5) is 4.79 Å². The molecule has 2 N–H and O–H groups in total. The molecule has 0 aliphatic carbocycles. The van der Waals surface area contributed by atoms with Crippen molar-refractivity contribution in [2.75, 3.05) is 6.54 Å². The Balaban J connectivity index is 1.94. The van der Waals surface area contributed by atoms with Crippen LogP contribution in [0.1, 0.15) is 46.5 Å². The van der Waals surface area contributed by atoms with Gasteiger partial charge in [-0.05, 0) is 40.0 Å². The van der Waals surface area contributed by atoms with Gasteiger partial charge in [0.25, 0.3) is 0 Å². The number of fused-ring (bicyclic) bond motifs is 2. The third-order valence-electron chi connectivity index (χ3n) is 4.02. The molecule has 2 amide bonds. The first kappa shape index (κ1) is 15.1. The number of ether oxygens (including phenoxy) is 1. The lowest BCUT2D eigenvalue weighted by atomic mass is 9.95. The highest BCUT2D eigenvalue weighted by molar-refractivity contribution is 5.76. The average Bonchev–Trinajstić information content (AvgIpc) is 2.88. The zero-order chi connectivity index (χ0) is 14.9. The summed E-state index contributed by atoms with van der Waals surface area (Å²) in [5, 5.41) is 11.8. The Morgan fingerprint density at radius 2 is 2.05 bits per heavy atom. The molecule has 0 aromatic heterocycles. The van der Waals surface area contributed by atoms with Gasteiger partial charge in [0, 0.05) is 12.1 Å². The van der Waals surface area contributed by atoms with Crippen molar-refractivity contribution >= 4 is 12.0 Å². The van der Waals surface area contributed by atoms with E-state index in [-0.39, 0.29) is 37.2 Å². The van der Waals surface area contributed by atoms with E-state index in [0.717, 1.165) is 19.3 Å². The van der Waals surface area contributed by atoms with Crippen LogP contribution in [0.5, 0.6) is 0 Å². The summed E-state index contributed by atoms with van der Waals surface area (Å²) in [6, 6.07) is -0.129. The molecular weight excluding hydrogens is 260 g/mol. The molecule has 6 nitrogen and oxygen atoms in total. The zero-order valence-electron chi connectivity index (χ0n) is 12.4. The molecule has 0 aromatic rings. The summed E-state index contributed by atoms with van der Waals surface area (Å²) in [7, 11) is 0. The topological polar surface area (TPSA) is 78.9 Å². The van der Waals surface area contributed by atoms with E-state index in [1.807, 2.05) is 20.8 Å². The number of aliphatic carboxylic acids is 1. The number of hydrogen-bond donors (Lipinski definition) is 2. The van der Waals surface area contributed by atoms with E-state index >= 15 is 0 Å². The maximum Gasteiger partial charge on any atom is 0.318 e. The van der Waals surface area contributed by atoms with Gasteiger partial charge >= 0.3 is 12.0 Å². The average molecular weight is 284 g/mol. The van der Waals surface area contributed by atoms with E-state index < -0.39 is 11.5 Å². The van der Waals surface area contributed by atoms with E-state index in [1.165, 1.54) is 0 Å². The Morgan fingerprint density at radius 3 is 2.50 bits per heavy atom. The Hall–Kier alpha value is -1.30. The second kappa shape index (κ2) is 5.60. The largest absolute Gasteiger partial charge is 0.481 e. The summed E-state index contributed by atoms with van der Waals surface area (Å²) >= 11 is 0. The van der Waals surface area contributed by atoms with Crippen LogP contribution in [0, 0.1) is 0 Å². The molecule has 0 saturated carbocycles. The summed E-state index contributed by atoms with van der Waals surface area (Å²) in [5.41, 5.74) is -0.405. The van der Waals surface area contributed by atoms with E-state index in [1.54, 1.807) is 4.90 Å². The zero-order valence-corrected chi connectivity index (χ0v) is 12.4. The molecule has 2 saturated heterocycles. The van der Waals surface area contributed by atoms with Crippen LogP contribution in [0.15, 0.2) is 0 Å². The second-order valence-electron chi connectivity index (χ2n) is 6.63. The van der Waals surface area contributed by atoms with E-state index in [9.17, 15) is 9.59 Å². The smallest absolute Gasteiger partial charge is 0.318 e. The fourth-order valence-electron chi connectivity index (χ4n) is 2.98. The molecule has 2 bridgehead atoms. The number of carboxylic acids is 1. The molecule has 2 heterocycles. The monoisotopic (exact) mass is 284 g/mol. The van der Waals surface area contributed by atoms with Gasteiger partial charge in [0.1, 0.15) is 0 Å². The molecule has 3 unspecified atom stereocenters. The molecule has 20 heavy (non-hydrogen) atoms. The lowest BCUT2D eigenvalue weighted by Gasteiger charge is -2.36. The quantitative estimate of drug-likeness (QED) is 0.821. The molecule has 6 heteroatoms. The summed E-state index contributed by atoms with van der Waals surface area (Å²) < 4.78 is 5.72. The number of urea groups is 1. The third kappa shape index (κ3) is 3.42. The first-order valence-corrected chi connectivity index (χ1v) is 7.23. The van der Waals surface area contributed by atoms with Gasteiger partial charge in [-0.1, -0.05) is 0 Å². The predicted octanol–water partition coefficient (Wildman–Crippen LogP) is 1.59. The summed E-state index contributed by atoms with van der Waals surface area (Å²) in [6.07, 6.45) is 3.32. The Bertz CT molecular complexity index is 391. The van der Waals surface area contributed by atoms with Crippen LogP contribution < -0.4 is 5.32 Å². The highest BCUT2D eigenvalue weighted by Crippen LogP contribution is 2.34. The third-order valence-corrected chi connectivity index (χ3v) is 4.02. The number of rotatable bonds is 4. The van der Waals surface area contributed by atoms with Gasteiger partial charge in [-0.15, -0.1) is 0 Å². The predicted molar refractivity (Wildman–Crippen MR) is 73.5 cm³/mol. The lowest BCUT2D eigenvalue weighted by molar-refractivity contribution is -0.137. The minimum atomic E-state index is -0.893. The summed E-state index contributed by atoms with van der Waals surface area (Å²) in [5.74, 6) is -0.893. The fourth-order valence-corrected chi connectivity index (χ4v) is 2.98.